The Kier molecular flexibility index (Phi) is 19.7. The lowest BCUT2D eigenvalue weighted by atomic mass is 10.0. The summed E-state index contributed by atoms with van der Waals surface area (Å²) in [7, 11) is 1.33. The van der Waals surface area contributed by atoms with Crippen molar-refractivity contribution in [3.63, 3.8) is 0 Å². The van der Waals surface area contributed by atoms with E-state index < -0.39 is 6.10 Å². The number of rotatable bonds is 20. The van der Waals surface area contributed by atoms with Gasteiger partial charge < -0.3 is 14.9 Å². The van der Waals surface area contributed by atoms with E-state index in [0.29, 0.717) is 12.8 Å². The molecular weight excluding hydrogens is 340 g/mol. The van der Waals surface area contributed by atoms with Crippen LogP contribution in [0, 0.1) is 0 Å². The molecule has 0 rings (SSSR count). The van der Waals surface area contributed by atoms with Crippen LogP contribution in [0.5, 0.6) is 0 Å². The Morgan fingerprint density at radius 1 is 0.667 bits per heavy atom. The van der Waals surface area contributed by atoms with Gasteiger partial charge in [0.2, 0.25) is 0 Å². The molecule has 2 atom stereocenters. The lowest BCUT2D eigenvalue weighted by Gasteiger charge is -2.12. The molecule has 0 aliphatic heterocycles. The molecule has 0 aromatic rings. The van der Waals surface area contributed by atoms with Crippen LogP contribution in [0.1, 0.15) is 122 Å². The molecule has 4 heteroatoms. The van der Waals surface area contributed by atoms with Crippen LogP contribution in [-0.2, 0) is 9.53 Å². The number of aliphatic hydroxyl groups is 2. The van der Waals surface area contributed by atoms with E-state index in [1.54, 1.807) is 0 Å². The average Bonchev–Trinajstić information content (AvgIpc) is 2.65. The number of carbonyl (C=O) groups is 1. The van der Waals surface area contributed by atoms with Gasteiger partial charge in [-0.1, -0.05) is 90.4 Å². The second kappa shape index (κ2) is 20.1. The van der Waals surface area contributed by atoms with Gasteiger partial charge in [0.25, 0.3) is 0 Å². The number of unbranched alkanes of at least 4 members (excludes halogenated alkanes) is 12. The highest BCUT2D eigenvalue weighted by Gasteiger charge is 2.12. The third-order valence-corrected chi connectivity index (χ3v) is 5.35. The molecule has 0 heterocycles. The molecule has 0 radical (unpaired) electrons. The molecule has 0 spiro atoms. The lowest BCUT2D eigenvalue weighted by Crippen LogP contribution is -2.15. The van der Waals surface area contributed by atoms with Gasteiger partial charge in [0.15, 0.2) is 0 Å². The quantitative estimate of drug-likeness (QED) is 0.201. The number of ether oxygens (including phenoxy) is 1. The molecule has 0 aromatic carbocycles. The van der Waals surface area contributed by atoms with Crippen molar-refractivity contribution in [2.24, 2.45) is 0 Å². The SMILES string of the molecule is CCCCCCCCCCCCCCCC(O)CCCC(O)CC(=O)OC. The molecule has 0 saturated heterocycles. The largest absolute Gasteiger partial charge is 0.469 e. The van der Waals surface area contributed by atoms with Crippen LogP contribution >= 0.6 is 0 Å². The van der Waals surface area contributed by atoms with Gasteiger partial charge in [-0.15, -0.1) is 0 Å². The number of hydrogen-bond donors (Lipinski definition) is 2. The maximum absolute atomic E-state index is 11.0. The molecule has 0 aliphatic rings. The van der Waals surface area contributed by atoms with E-state index in [1.165, 1.54) is 84.2 Å². The van der Waals surface area contributed by atoms with Crippen molar-refractivity contribution in [3.8, 4) is 0 Å². The van der Waals surface area contributed by atoms with E-state index in [9.17, 15) is 15.0 Å². The zero-order valence-corrected chi connectivity index (χ0v) is 18.1. The zero-order chi connectivity index (χ0) is 20.2. The molecular formula is C23H46O4. The summed E-state index contributed by atoms with van der Waals surface area (Å²) in [5.41, 5.74) is 0. The molecule has 0 aliphatic carbocycles. The first-order valence-electron chi connectivity index (χ1n) is 11.5. The van der Waals surface area contributed by atoms with Crippen molar-refractivity contribution in [2.75, 3.05) is 7.11 Å². The molecule has 2 unspecified atom stereocenters. The fraction of sp³-hybridized carbons (Fsp3) is 0.957. The summed E-state index contributed by atoms with van der Waals surface area (Å²) >= 11 is 0. The van der Waals surface area contributed by atoms with Crippen molar-refractivity contribution < 1.29 is 19.7 Å². The van der Waals surface area contributed by atoms with Gasteiger partial charge in [0, 0.05) is 0 Å². The Labute approximate surface area is 168 Å². The highest BCUT2D eigenvalue weighted by atomic mass is 16.5. The predicted octanol–water partition coefficient (Wildman–Crippen LogP) is 5.92. The van der Waals surface area contributed by atoms with Crippen molar-refractivity contribution in [2.45, 2.75) is 135 Å². The summed E-state index contributed by atoms with van der Waals surface area (Å²) in [5, 5.41) is 19.7. The normalized spacial score (nSPS) is 13.5. The Hall–Kier alpha value is -0.610. The molecule has 0 fully saturated rings. The van der Waals surface area contributed by atoms with E-state index in [2.05, 4.69) is 11.7 Å². The minimum Gasteiger partial charge on any atom is -0.469 e. The van der Waals surface area contributed by atoms with Gasteiger partial charge in [-0.25, -0.2) is 0 Å². The van der Waals surface area contributed by atoms with E-state index in [0.717, 1.165) is 19.3 Å². The van der Waals surface area contributed by atoms with E-state index >= 15 is 0 Å². The minimum atomic E-state index is -0.652. The fourth-order valence-electron chi connectivity index (χ4n) is 3.51. The van der Waals surface area contributed by atoms with Crippen molar-refractivity contribution in [1.82, 2.24) is 0 Å². The van der Waals surface area contributed by atoms with Gasteiger partial charge in [0.05, 0.1) is 25.7 Å². The van der Waals surface area contributed by atoms with Crippen molar-refractivity contribution >= 4 is 5.97 Å². The Bertz CT molecular complexity index is 320. The van der Waals surface area contributed by atoms with Crippen molar-refractivity contribution in [1.29, 1.82) is 0 Å². The molecule has 0 bridgehead atoms. The summed E-state index contributed by atoms with van der Waals surface area (Å²) in [6.07, 6.45) is 19.4. The third-order valence-electron chi connectivity index (χ3n) is 5.35. The standard InChI is InChI=1S/C23H46O4/c1-3-4-5-6-7-8-9-10-11-12-13-14-15-17-21(24)18-16-19-22(25)20-23(26)27-2/h21-22,24-25H,3-20H2,1-2H3. The van der Waals surface area contributed by atoms with Crippen LogP contribution in [0.2, 0.25) is 0 Å². The van der Waals surface area contributed by atoms with Crippen LogP contribution in [0.3, 0.4) is 0 Å². The highest BCUT2D eigenvalue weighted by Crippen LogP contribution is 2.15. The van der Waals surface area contributed by atoms with Gasteiger partial charge in [0.1, 0.15) is 0 Å². The molecule has 0 amide bonds. The Balaban J connectivity index is 3.27. The maximum atomic E-state index is 11.0. The summed E-state index contributed by atoms with van der Waals surface area (Å²) in [6.45, 7) is 2.27. The molecule has 2 N–H and O–H groups in total. The zero-order valence-electron chi connectivity index (χ0n) is 18.1. The van der Waals surface area contributed by atoms with Gasteiger partial charge in [-0.05, 0) is 25.7 Å². The van der Waals surface area contributed by atoms with Gasteiger partial charge in [-0.2, -0.15) is 0 Å². The monoisotopic (exact) mass is 386 g/mol. The predicted molar refractivity (Wildman–Crippen MR) is 113 cm³/mol. The van der Waals surface area contributed by atoms with Crippen LogP contribution in [0.4, 0.5) is 0 Å². The highest BCUT2D eigenvalue weighted by molar-refractivity contribution is 5.69. The minimum absolute atomic E-state index is 0.0471. The van der Waals surface area contributed by atoms with Crippen molar-refractivity contribution in [3.05, 3.63) is 0 Å². The number of esters is 1. The summed E-state index contributed by atoms with van der Waals surface area (Å²) < 4.78 is 4.53. The van der Waals surface area contributed by atoms with Gasteiger partial charge >= 0.3 is 5.97 Å². The smallest absolute Gasteiger partial charge is 0.308 e. The van der Waals surface area contributed by atoms with Crippen LogP contribution in [0.15, 0.2) is 0 Å². The lowest BCUT2D eigenvalue weighted by molar-refractivity contribution is -0.142. The maximum Gasteiger partial charge on any atom is 0.308 e. The van der Waals surface area contributed by atoms with E-state index in [1.807, 2.05) is 0 Å². The topological polar surface area (TPSA) is 66.8 Å². The van der Waals surface area contributed by atoms with Gasteiger partial charge in [-0.3, -0.25) is 4.79 Å². The number of carbonyl (C=O) groups excluding carboxylic acids is 1. The third kappa shape index (κ3) is 19.9. The fourth-order valence-corrected chi connectivity index (χ4v) is 3.51. The number of aliphatic hydroxyl groups excluding tert-OH is 2. The second-order valence-corrected chi connectivity index (χ2v) is 8.05. The van der Waals surface area contributed by atoms with Crippen LogP contribution in [-0.4, -0.2) is 35.5 Å². The Morgan fingerprint density at radius 3 is 1.56 bits per heavy atom. The molecule has 0 saturated carbocycles. The molecule has 162 valence electrons. The Morgan fingerprint density at radius 2 is 1.07 bits per heavy atom. The molecule has 4 nitrogen and oxygen atoms in total. The average molecular weight is 387 g/mol. The van der Waals surface area contributed by atoms with Crippen LogP contribution < -0.4 is 0 Å². The summed E-state index contributed by atoms with van der Waals surface area (Å²) in [5.74, 6) is -0.380. The summed E-state index contributed by atoms with van der Waals surface area (Å²) in [6, 6.07) is 0. The molecule has 0 aromatic heterocycles. The number of methoxy groups -OCH3 is 1. The second-order valence-electron chi connectivity index (χ2n) is 8.05. The molecule has 27 heavy (non-hydrogen) atoms. The first-order valence-corrected chi connectivity index (χ1v) is 11.5. The first-order chi connectivity index (χ1) is 13.1. The van der Waals surface area contributed by atoms with Crippen LogP contribution in [0.25, 0.3) is 0 Å². The summed E-state index contributed by atoms with van der Waals surface area (Å²) in [4.78, 5) is 11.0. The van der Waals surface area contributed by atoms with E-state index in [4.69, 9.17) is 0 Å². The van der Waals surface area contributed by atoms with E-state index in [-0.39, 0.29) is 18.5 Å². The first kappa shape index (κ1) is 26.4. The number of hydrogen-bond acceptors (Lipinski definition) is 4.